The second-order valence-corrected chi connectivity index (χ2v) is 4.43. The fourth-order valence-electron chi connectivity index (χ4n) is 1.43. The van der Waals surface area contributed by atoms with Gasteiger partial charge in [-0.15, -0.1) is 0 Å². The van der Waals surface area contributed by atoms with Crippen LogP contribution in [0.4, 0.5) is 4.39 Å². The highest BCUT2D eigenvalue weighted by molar-refractivity contribution is 6.32. The molecule has 0 spiro atoms. The third kappa shape index (κ3) is 2.93. The van der Waals surface area contributed by atoms with E-state index < -0.39 is 5.82 Å². The maximum Gasteiger partial charge on any atom is 0.146 e. The van der Waals surface area contributed by atoms with Crippen LogP contribution in [0.2, 0.25) is 10.0 Å². The van der Waals surface area contributed by atoms with Crippen molar-refractivity contribution in [1.29, 1.82) is 0 Å². The average molecular weight is 287 g/mol. The van der Waals surface area contributed by atoms with Gasteiger partial charge in [-0.25, -0.2) is 4.39 Å². The van der Waals surface area contributed by atoms with E-state index in [1.165, 1.54) is 12.1 Å². The zero-order valence-electron chi connectivity index (χ0n) is 9.16. The highest BCUT2D eigenvalue weighted by Crippen LogP contribution is 2.33. The van der Waals surface area contributed by atoms with Crippen molar-refractivity contribution in [3.63, 3.8) is 0 Å². The van der Waals surface area contributed by atoms with E-state index in [0.29, 0.717) is 22.1 Å². The number of ether oxygens (including phenoxy) is 1. The molecule has 0 aliphatic rings. The van der Waals surface area contributed by atoms with Crippen LogP contribution >= 0.6 is 23.2 Å². The Morgan fingerprint density at radius 3 is 2.50 bits per heavy atom. The summed E-state index contributed by atoms with van der Waals surface area (Å²) >= 11 is 11.7. The molecule has 0 atom stereocenters. The minimum atomic E-state index is -0.444. The molecule has 0 aliphatic heterocycles. The molecule has 2 nitrogen and oxygen atoms in total. The first kappa shape index (κ1) is 13.1. The maximum absolute atomic E-state index is 12.9. The van der Waals surface area contributed by atoms with Crippen molar-refractivity contribution in [3.8, 4) is 11.5 Å². The van der Waals surface area contributed by atoms with Crippen molar-refractivity contribution in [2.45, 2.75) is 6.61 Å². The molecule has 0 bridgehead atoms. The number of aliphatic hydroxyl groups is 1. The molecule has 94 valence electrons. The number of aliphatic hydroxyl groups excluding tert-OH is 1. The molecular formula is C13H9Cl2FO2. The van der Waals surface area contributed by atoms with E-state index in [4.69, 9.17) is 27.9 Å². The minimum Gasteiger partial charge on any atom is -0.455 e. The molecule has 2 rings (SSSR count). The Bertz CT molecular complexity index is 573. The molecule has 0 aliphatic carbocycles. The average Bonchev–Trinajstić information content (AvgIpc) is 2.33. The summed E-state index contributed by atoms with van der Waals surface area (Å²) in [6.45, 7) is -0.189. The molecule has 0 fully saturated rings. The van der Waals surface area contributed by atoms with E-state index >= 15 is 0 Å². The van der Waals surface area contributed by atoms with Gasteiger partial charge in [0.15, 0.2) is 0 Å². The SMILES string of the molecule is OCc1ccc(Cl)cc1Oc1ccc(F)cc1Cl. The molecule has 0 radical (unpaired) electrons. The quantitative estimate of drug-likeness (QED) is 0.905. The largest absolute Gasteiger partial charge is 0.455 e. The van der Waals surface area contributed by atoms with E-state index in [2.05, 4.69) is 0 Å². The molecule has 0 unspecified atom stereocenters. The smallest absolute Gasteiger partial charge is 0.146 e. The minimum absolute atomic E-state index is 0.152. The van der Waals surface area contributed by atoms with Gasteiger partial charge < -0.3 is 9.84 Å². The summed E-state index contributed by atoms with van der Waals surface area (Å²) in [7, 11) is 0. The van der Waals surface area contributed by atoms with E-state index in [0.717, 1.165) is 6.07 Å². The van der Waals surface area contributed by atoms with Crippen LogP contribution in [0.1, 0.15) is 5.56 Å². The highest BCUT2D eigenvalue weighted by atomic mass is 35.5. The van der Waals surface area contributed by atoms with Gasteiger partial charge in [-0.2, -0.15) is 0 Å². The first-order chi connectivity index (χ1) is 8.60. The lowest BCUT2D eigenvalue weighted by molar-refractivity contribution is 0.276. The molecule has 2 aromatic rings. The van der Waals surface area contributed by atoms with E-state index in [1.807, 2.05) is 0 Å². The Labute approximate surface area is 114 Å². The summed E-state index contributed by atoms with van der Waals surface area (Å²) in [5, 5.41) is 9.81. The third-order valence-corrected chi connectivity index (χ3v) is 2.84. The van der Waals surface area contributed by atoms with Crippen LogP contribution in [-0.2, 0) is 6.61 Å². The number of halogens is 3. The zero-order valence-corrected chi connectivity index (χ0v) is 10.7. The van der Waals surface area contributed by atoms with Crippen LogP contribution < -0.4 is 4.74 Å². The molecule has 5 heteroatoms. The summed E-state index contributed by atoms with van der Waals surface area (Å²) in [4.78, 5) is 0. The number of hydrogen-bond acceptors (Lipinski definition) is 2. The Hall–Kier alpha value is -1.29. The van der Waals surface area contributed by atoms with Crippen LogP contribution in [0.3, 0.4) is 0 Å². The Morgan fingerprint density at radius 1 is 1.06 bits per heavy atom. The van der Waals surface area contributed by atoms with Crippen molar-refractivity contribution < 1.29 is 14.2 Å². The van der Waals surface area contributed by atoms with Gasteiger partial charge >= 0.3 is 0 Å². The van der Waals surface area contributed by atoms with Crippen molar-refractivity contribution in [2.75, 3.05) is 0 Å². The molecule has 0 aromatic heterocycles. The van der Waals surface area contributed by atoms with Crippen LogP contribution in [0, 0.1) is 5.82 Å². The first-order valence-electron chi connectivity index (χ1n) is 5.12. The van der Waals surface area contributed by atoms with Gasteiger partial charge in [0.1, 0.15) is 17.3 Å². The third-order valence-electron chi connectivity index (χ3n) is 2.31. The van der Waals surface area contributed by atoms with Gasteiger partial charge in [-0.1, -0.05) is 29.3 Å². The van der Waals surface area contributed by atoms with Gasteiger partial charge in [0, 0.05) is 10.6 Å². The van der Waals surface area contributed by atoms with E-state index in [1.54, 1.807) is 18.2 Å². The Morgan fingerprint density at radius 2 is 1.83 bits per heavy atom. The Balaban J connectivity index is 2.36. The summed E-state index contributed by atoms with van der Waals surface area (Å²) in [5.74, 6) is 0.245. The summed E-state index contributed by atoms with van der Waals surface area (Å²) in [5.41, 5.74) is 0.569. The fraction of sp³-hybridized carbons (Fsp3) is 0.0769. The van der Waals surface area contributed by atoms with Crippen molar-refractivity contribution in [2.24, 2.45) is 0 Å². The van der Waals surface area contributed by atoms with E-state index in [9.17, 15) is 9.50 Å². The zero-order chi connectivity index (χ0) is 13.1. The lowest BCUT2D eigenvalue weighted by atomic mass is 10.2. The second-order valence-electron chi connectivity index (χ2n) is 3.59. The molecule has 0 saturated heterocycles. The predicted molar refractivity (Wildman–Crippen MR) is 68.9 cm³/mol. The van der Waals surface area contributed by atoms with Gasteiger partial charge in [0.2, 0.25) is 0 Å². The summed E-state index contributed by atoms with van der Waals surface area (Å²) in [6, 6.07) is 8.66. The number of hydrogen-bond donors (Lipinski definition) is 1. The van der Waals surface area contributed by atoms with Crippen LogP contribution in [-0.4, -0.2) is 5.11 Å². The first-order valence-corrected chi connectivity index (χ1v) is 5.88. The standard InChI is InChI=1S/C13H9Cl2FO2/c14-9-2-1-8(7-17)13(5-9)18-12-4-3-10(16)6-11(12)15/h1-6,17H,7H2. The lowest BCUT2D eigenvalue weighted by Crippen LogP contribution is -1.92. The fourth-order valence-corrected chi connectivity index (χ4v) is 1.80. The number of rotatable bonds is 3. The van der Waals surface area contributed by atoms with Crippen LogP contribution in [0.5, 0.6) is 11.5 Å². The predicted octanol–water partition coefficient (Wildman–Crippen LogP) is 4.42. The van der Waals surface area contributed by atoms with Gasteiger partial charge in [-0.05, 0) is 30.3 Å². The lowest BCUT2D eigenvalue weighted by Gasteiger charge is -2.11. The molecule has 0 heterocycles. The van der Waals surface area contributed by atoms with Gasteiger partial charge in [0.25, 0.3) is 0 Å². The highest BCUT2D eigenvalue weighted by Gasteiger charge is 2.09. The second kappa shape index (κ2) is 5.57. The Kier molecular flexibility index (Phi) is 4.07. The molecule has 0 saturated carbocycles. The van der Waals surface area contributed by atoms with Gasteiger partial charge in [0.05, 0.1) is 11.6 Å². The molecule has 1 N–H and O–H groups in total. The molecular weight excluding hydrogens is 278 g/mol. The van der Waals surface area contributed by atoms with Crippen molar-refractivity contribution in [3.05, 3.63) is 57.8 Å². The monoisotopic (exact) mass is 286 g/mol. The molecule has 2 aromatic carbocycles. The van der Waals surface area contributed by atoms with E-state index in [-0.39, 0.29) is 11.6 Å². The van der Waals surface area contributed by atoms with Crippen molar-refractivity contribution >= 4 is 23.2 Å². The van der Waals surface area contributed by atoms with Crippen LogP contribution in [0.15, 0.2) is 36.4 Å². The topological polar surface area (TPSA) is 29.5 Å². The molecule has 0 amide bonds. The van der Waals surface area contributed by atoms with Gasteiger partial charge in [-0.3, -0.25) is 0 Å². The normalized spacial score (nSPS) is 10.4. The maximum atomic E-state index is 12.9. The van der Waals surface area contributed by atoms with Crippen molar-refractivity contribution in [1.82, 2.24) is 0 Å². The summed E-state index contributed by atoms with van der Waals surface area (Å²) < 4.78 is 18.4. The summed E-state index contributed by atoms with van der Waals surface area (Å²) in [6.07, 6.45) is 0. The van der Waals surface area contributed by atoms with Crippen LogP contribution in [0.25, 0.3) is 0 Å². The molecule has 18 heavy (non-hydrogen) atoms. The number of benzene rings is 2.